The van der Waals surface area contributed by atoms with Crippen molar-refractivity contribution in [2.75, 3.05) is 20.9 Å². The van der Waals surface area contributed by atoms with Gasteiger partial charge in [0.05, 0.1) is 13.4 Å². The molecule has 0 aliphatic rings. The lowest BCUT2D eigenvalue weighted by Gasteiger charge is -1.92. The van der Waals surface area contributed by atoms with Gasteiger partial charge in [0.15, 0.2) is 0 Å². The van der Waals surface area contributed by atoms with E-state index in [-0.39, 0.29) is 5.97 Å². The number of rotatable bonds is 4. The van der Waals surface area contributed by atoms with Crippen molar-refractivity contribution in [2.45, 2.75) is 6.92 Å². The molecule has 0 aliphatic heterocycles. The van der Waals surface area contributed by atoms with Crippen LogP contribution in [0.15, 0.2) is 25.0 Å². The fraction of sp³-hybridized carbons (Fsp3) is 0.444. The fourth-order valence-electron chi connectivity index (χ4n) is 0.316. The van der Waals surface area contributed by atoms with Crippen LogP contribution in [-0.2, 0) is 14.3 Å². The molecular weight excluding hydrogens is 170 g/mol. The van der Waals surface area contributed by atoms with Crippen LogP contribution >= 0.6 is 0 Å². The maximum Gasteiger partial charge on any atom is 0.332 e. The molecule has 1 N–H and O–H groups in total. The van der Waals surface area contributed by atoms with E-state index in [4.69, 9.17) is 0 Å². The molecule has 0 bridgehead atoms. The van der Waals surface area contributed by atoms with Crippen LogP contribution in [0.4, 0.5) is 0 Å². The van der Waals surface area contributed by atoms with Gasteiger partial charge in [0.2, 0.25) is 0 Å². The Morgan fingerprint density at radius 3 is 2.23 bits per heavy atom. The Kier molecular flexibility index (Phi) is 11.7. The summed E-state index contributed by atoms with van der Waals surface area (Å²) in [4.78, 5) is 10.2. The predicted octanol–water partition coefficient (Wildman–Crippen LogP) is 1.06. The quantitative estimate of drug-likeness (QED) is 0.235. The maximum absolute atomic E-state index is 10.2. The molecule has 0 aromatic rings. The highest BCUT2D eigenvalue weighted by atomic mass is 16.5. The van der Waals surface area contributed by atoms with Crippen molar-refractivity contribution in [2.24, 2.45) is 0 Å². The molecule has 76 valence electrons. The Morgan fingerprint density at radius 2 is 2.15 bits per heavy atom. The van der Waals surface area contributed by atoms with Crippen molar-refractivity contribution in [1.82, 2.24) is 5.32 Å². The fourth-order valence-corrected chi connectivity index (χ4v) is 0.316. The molecule has 0 fully saturated rings. The van der Waals surface area contributed by atoms with Crippen LogP contribution < -0.4 is 5.32 Å². The number of nitrogens with one attached hydrogen (secondary N) is 1. The first kappa shape index (κ1) is 14.2. The van der Waals surface area contributed by atoms with Crippen LogP contribution in [-0.4, -0.2) is 26.9 Å². The second kappa shape index (κ2) is 10.7. The molecule has 0 rings (SSSR count). The van der Waals surface area contributed by atoms with Crippen LogP contribution in [0.3, 0.4) is 0 Å². The highest BCUT2D eigenvalue weighted by Crippen LogP contribution is 1.87. The maximum atomic E-state index is 10.2. The zero-order valence-corrected chi connectivity index (χ0v) is 8.42. The summed E-state index contributed by atoms with van der Waals surface area (Å²) in [6.45, 7) is 8.84. The van der Waals surface area contributed by atoms with Gasteiger partial charge >= 0.3 is 5.97 Å². The lowest BCUT2D eigenvalue weighted by atomic mass is 10.4. The topological polar surface area (TPSA) is 47.6 Å². The molecule has 0 saturated heterocycles. The SMILES string of the molecule is C=C(C)C(=O)OC.C=COCNC. The third-order valence-electron chi connectivity index (χ3n) is 0.879. The Bertz CT molecular complexity index is 166. The predicted molar refractivity (Wildman–Crippen MR) is 52.0 cm³/mol. The summed E-state index contributed by atoms with van der Waals surface area (Å²) >= 11 is 0. The molecule has 0 aromatic heterocycles. The van der Waals surface area contributed by atoms with Crippen molar-refractivity contribution in [1.29, 1.82) is 0 Å². The van der Waals surface area contributed by atoms with E-state index in [0.29, 0.717) is 12.3 Å². The molecule has 0 unspecified atom stereocenters. The van der Waals surface area contributed by atoms with Crippen LogP contribution in [0.5, 0.6) is 0 Å². The minimum atomic E-state index is -0.347. The van der Waals surface area contributed by atoms with Gasteiger partial charge in [0.25, 0.3) is 0 Å². The Morgan fingerprint density at radius 1 is 1.62 bits per heavy atom. The van der Waals surface area contributed by atoms with E-state index in [1.54, 1.807) is 6.92 Å². The van der Waals surface area contributed by atoms with Gasteiger partial charge in [0.1, 0.15) is 6.73 Å². The van der Waals surface area contributed by atoms with Gasteiger partial charge in [-0.15, -0.1) is 0 Å². The highest BCUT2D eigenvalue weighted by molar-refractivity contribution is 5.86. The van der Waals surface area contributed by atoms with E-state index >= 15 is 0 Å². The van der Waals surface area contributed by atoms with Crippen LogP contribution in [0, 0.1) is 0 Å². The molecular formula is C9H17NO3. The number of carbonyl (C=O) groups is 1. The molecule has 0 heterocycles. The normalized spacial score (nSPS) is 7.62. The average molecular weight is 187 g/mol. The molecule has 0 saturated carbocycles. The molecule has 4 heteroatoms. The van der Waals surface area contributed by atoms with Gasteiger partial charge in [0, 0.05) is 5.57 Å². The summed E-state index contributed by atoms with van der Waals surface area (Å²) < 4.78 is 8.91. The van der Waals surface area contributed by atoms with E-state index in [2.05, 4.69) is 27.9 Å². The number of esters is 1. The number of hydrogen-bond donors (Lipinski definition) is 1. The Hall–Kier alpha value is -1.29. The zero-order valence-electron chi connectivity index (χ0n) is 8.42. The smallest absolute Gasteiger partial charge is 0.332 e. The Labute approximate surface area is 79.2 Å². The molecule has 0 spiro atoms. The number of hydrogen-bond acceptors (Lipinski definition) is 4. The monoisotopic (exact) mass is 187 g/mol. The van der Waals surface area contributed by atoms with Gasteiger partial charge in [-0.1, -0.05) is 13.2 Å². The van der Waals surface area contributed by atoms with E-state index in [1.807, 2.05) is 7.05 Å². The highest BCUT2D eigenvalue weighted by Gasteiger charge is 1.95. The second-order valence-electron chi connectivity index (χ2n) is 2.10. The molecule has 4 nitrogen and oxygen atoms in total. The van der Waals surface area contributed by atoms with Gasteiger partial charge in [-0.05, 0) is 14.0 Å². The van der Waals surface area contributed by atoms with Gasteiger partial charge < -0.3 is 9.47 Å². The average Bonchev–Trinajstić information content (AvgIpc) is 2.14. The van der Waals surface area contributed by atoms with Crippen molar-refractivity contribution < 1.29 is 14.3 Å². The van der Waals surface area contributed by atoms with Crippen LogP contribution in [0.2, 0.25) is 0 Å². The van der Waals surface area contributed by atoms with Crippen LogP contribution in [0.25, 0.3) is 0 Å². The third-order valence-corrected chi connectivity index (χ3v) is 0.879. The van der Waals surface area contributed by atoms with E-state index in [0.717, 1.165) is 0 Å². The van der Waals surface area contributed by atoms with Gasteiger partial charge in [-0.25, -0.2) is 4.79 Å². The first-order valence-electron chi connectivity index (χ1n) is 3.71. The first-order chi connectivity index (χ1) is 6.09. The zero-order chi connectivity index (χ0) is 10.7. The summed E-state index contributed by atoms with van der Waals surface area (Å²) in [6.07, 6.45) is 1.40. The minimum absolute atomic E-state index is 0.347. The Balaban J connectivity index is 0. The minimum Gasteiger partial charge on any atom is -0.487 e. The molecule has 13 heavy (non-hydrogen) atoms. The van der Waals surface area contributed by atoms with E-state index < -0.39 is 0 Å². The van der Waals surface area contributed by atoms with Crippen molar-refractivity contribution in [3.63, 3.8) is 0 Å². The van der Waals surface area contributed by atoms with Crippen molar-refractivity contribution in [3.05, 3.63) is 25.0 Å². The lowest BCUT2D eigenvalue weighted by molar-refractivity contribution is -0.136. The van der Waals surface area contributed by atoms with Crippen molar-refractivity contribution >= 4 is 5.97 Å². The molecule has 0 atom stereocenters. The lowest BCUT2D eigenvalue weighted by Crippen LogP contribution is -2.07. The summed E-state index contributed by atoms with van der Waals surface area (Å²) in [5, 5.41) is 2.78. The summed E-state index contributed by atoms with van der Waals surface area (Å²) in [6, 6.07) is 0. The third kappa shape index (κ3) is 13.7. The largest absolute Gasteiger partial charge is 0.487 e. The first-order valence-corrected chi connectivity index (χ1v) is 3.71. The van der Waals surface area contributed by atoms with E-state index in [1.165, 1.54) is 13.4 Å². The van der Waals surface area contributed by atoms with Crippen molar-refractivity contribution in [3.8, 4) is 0 Å². The summed E-state index contributed by atoms with van der Waals surface area (Å²) in [7, 11) is 3.14. The second-order valence-corrected chi connectivity index (χ2v) is 2.10. The van der Waals surface area contributed by atoms with Gasteiger partial charge in [-0.3, -0.25) is 5.32 Å². The molecule has 0 aliphatic carbocycles. The summed E-state index contributed by atoms with van der Waals surface area (Å²) in [5.41, 5.74) is 0.433. The van der Waals surface area contributed by atoms with Gasteiger partial charge in [-0.2, -0.15) is 0 Å². The van der Waals surface area contributed by atoms with E-state index in [9.17, 15) is 4.79 Å². The molecule has 0 radical (unpaired) electrons. The summed E-state index contributed by atoms with van der Waals surface area (Å²) in [5.74, 6) is -0.347. The van der Waals surface area contributed by atoms with Crippen LogP contribution in [0.1, 0.15) is 6.92 Å². The molecule has 0 amide bonds. The number of carbonyl (C=O) groups excluding carboxylic acids is 1. The standard InChI is InChI=1S/C5H8O2.C4H9NO/c1-4(2)5(6)7-3;1-3-6-4-5-2/h1H2,2-3H3;3,5H,1,4H2,2H3. The number of ether oxygens (including phenoxy) is 2. The number of methoxy groups -OCH3 is 1. The molecule has 0 aromatic carbocycles.